The first-order valence-electron chi connectivity index (χ1n) is 6.28. The smallest absolute Gasteiger partial charge is 0.457 e. The highest BCUT2D eigenvalue weighted by Gasteiger charge is 2.55. The van der Waals surface area contributed by atoms with Gasteiger partial charge >= 0.3 is 19.1 Å². The van der Waals surface area contributed by atoms with Gasteiger partial charge in [-0.3, -0.25) is 9.59 Å². The third kappa shape index (κ3) is 3.26. The van der Waals surface area contributed by atoms with Crippen LogP contribution in [0.1, 0.15) is 20.8 Å². The van der Waals surface area contributed by atoms with Crippen LogP contribution in [0, 0.1) is 0 Å². The van der Waals surface area contributed by atoms with Crippen LogP contribution in [0.25, 0.3) is 0 Å². The number of fused-ring (bicyclic) bond motifs is 1. The summed E-state index contributed by atoms with van der Waals surface area (Å²) in [6.07, 6.45) is -1.50. The van der Waals surface area contributed by atoms with Gasteiger partial charge in [-0.1, -0.05) is 6.92 Å². The lowest BCUT2D eigenvalue weighted by Gasteiger charge is -2.17. The second-order valence-electron chi connectivity index (χ2n) is 4.49. The highest BCUT2D eigenvalue weighted by atomic mass is 16.8. The number of rotatable bonds is 4. The highest BCUT2D eigenvalue weighted by molar-refractivity contribution is 6.45. The molecule has 0 amide bonds. The number of ether oxygens (including phenoxy) is 3. The zero-order valence-corrected chi connectivity index (χ0v) is 11.2. The Labute approximate surface area is 111 Å². The van der Waals surface area contributed by atoms with Crippen LogP contribution < -0.4 is 0 Å². The summed E-state index contributed by atoms with van der Waals surface area (Å²) in [5.74, 6) is -0.859. The zero-order chi connectivity index (χ0) is 14.0. The van der Waals surface area contributed by atoms with Crippen molar-refractivity contribution < 1.29 is 33.1 Å². The van der Waals surface area contributed by atoms with Crippen LogP contribution >= 0.6 is 0 Å². The molecular weight excluding hydrogens is 255 g/mol. The van der Waals surface area contributed by atoms with Gasteiger partial charge in [0.25, 0.3) is 0 Å². The number of carbonyl (C=O) groups is 2. The van der Waals surface area contributed by atoms with Crippen LogP contribution in [0.2, 0.25) is 6.32 Å². The van der Waals surface area contributed by atoms with E-state index in [9.17, 15) is 9.59 Å². The van der Waals surface area contributed by atoms with Gasteiger partial charge in [0.05, 0.1) is 0 Å². The monoisotopic (exact) mass is 272 g/mol. The Morgan fingerprint density at radius 2 is 1.84 bits per heavy atom. The van der Waals surface area contributed by atoms with Crippen LogP contribution in [-0.4, -0.2) is 50.3 Å². The van der Waals surface area contributed by atoms with Crippen LogP contribution in [-0.2, 0) is 33.1 Å². The van der Waals surface area contributed by atoms with Crippen LogP contribution in [0.4, 0.5) is 0 Å². The normalized spacial score (nSPS) is 33.1. The summed E-state index contributed by atoms with van der Waals surface area (Å²) >= 11 is 0. The fourth-order valence-electron chi connectivity index (χ4n) is 2.17. The zero-order valence-electron chi connectivity index (χ0n) is 11.2. The standard InChI is InChI=1S/C11H17BO7/c1-4-12-18-9-8(5-15-6(2)13)17-11(10(9)19-12)16-7(3)14/h8-11H,4-5H2,1-3H3/t8-,9+,10+,11-/m0/s1. The number of esters is 2. The molecule has 0 radical (unpaired) electrons. The Morgan fingerprint density at radius 1 is 1.16 bits per heavy atom. The van der Waals surface area contributed by atoms with Gasteiger partial charge in [0.1, 0.15) is 24.9 Å². The third-order valence-corrected chi connectivity index (χ3v) is 2.95. The van der Waals surface area contributed by atoms with E-state index in [1.54, 1.807) is 0 Å². The molecular formula is C11H17BO7. The lowest BCUT2D eigenvalue weighted by Crippen LogP contribution is -2.33. The third-order valence-electron chi connectivity index (χ3n) is 2.95. The second kappa shape index (κ2) is 5.89. The summed E-state index contributed by atoms with van der Waals surface area (Å²) in [5, 5.41) is 0. The van der Waals surface area contributed by atoms with E-state index in [4.69, 9.17) is 23.5 Å². The molecule has 8 heteroatoms. The first-order chi connectivity index (χ1) is 9.01. The average Bonchev–Trinajstić information content (AvgIpc) is 2.86. The fourth-order valence-corrected chi connectivity index (χ4v) is 2.17. The average molecular weight is 272 g/mol. The Bertz CT molecular complexity index is 361. The molecule has 2 fully saturated rings. The molecule has 0 spiro atoms. The minimum atomic E-state index is -0.820. The van der Waals surface area contributed by atoms with Crippen molar-refractivity contribution in [1.29, 1.82) is 0 Å². The van der Waals surface area contributed by atoms with Crippen molar-refractivity contribution in [1.82, 2.24) is 0 Å². The molecule has 0 aromatic heterocycles. The molecule has 0 unspecified atom stereocenters. The van der Waals surface area contributed by atoms with Crippen molar-refractivity contribution in [3.05, 3.63) is 0 Å². The van der Waals surface area contributed by atoms with E-state index >= 15 is 0 Å². The van der Waals surface area contributed by atoms with Crippen molar-refractivity contribution in [3.8, 4) is 0 Å². The lowest BCUT2D eigenvalue weighted by molar-refractivity contribution is -0.188. The maximum absolute atomic E-state index is 11.0. The SMILES string of the molecule is CCB1O[C@H]2[C@@H](OC(C)=O)O[C@@H](COC(C)=O)[C@H]2O1. The molecule has 0 aliphatic carbocycles. The van der Waals surface area contributed by atoms with E-state index in [-0.39, 0.29) is 13.7 Å². The lowest BCUT2D eigenvalue weighted by atomic mass is 9.87. The summed E-state index contributed by atoms with van der Waals surface area (Å²) in [5.41, 5.74) is 0. The van der Waals surface area contributed by atoms with Gasteiger partial charge in [0.15, 0.2) is 0 Å². The van der Waals surface area contributed by atoms with E-state index in [1.807, 2.05) is 6.92 Å². The van der Waals surface area contributed by atoms with Crippen LogP contribution in [0.5, 0.6) is 0 Å². The second-order valence-corrected chi connectivity index (χ2v) is 4.49. The molecule has 2 aliphatic heterocycles. The minimum absolute atomic E-state index is 0.0497. The van der Waals surface area contributed by atoms with Crippen molar-refractivity contribution in [2.45, 2.75) is 51.7 Å². The van der Waals surface area contributed by atoms with Gasteiger partial charge in [-0.15, -0.1) is 0 Å². The topological polar surface area (TPSA) is 80.3 Å². The van der Waals surface area contributed by atoms with Crippen LogP contribution in [0.15, 0.2) is 0 Å². The summed E-state index contributed by atoms with van der Waals surface area (Å²) in [4.78, 5) is 21.9. The molecule has 7 nitrogen and oxygen atoms in total. The Morgan fingerprint density at radius 3 is 2.42 bits per heavy atom. The quantitative estimate of drug-likeness (QED) is 0.531. The molecule has 2 saturated heterocycles. The molecule has 0 N–H and O–H groups in total. The van der Waals surface area contributed by atoms with Gasteiger partial charge in [-0.25, -0.2) is 0 Å². The molecule has 4 atom stereocenters. The molecule has 2 heterocycles. The Hall–Kier alpha value is -1.12. The first kappa shape index (κ1) is 14.3. The molecule has 0 bridgehead atoms. The molecule has 0 saturated carbocycles. The molecule has 0 aromatic rings. The predicted octanol–water partition coefficient (Wildman–Crippen LogP) is 0.130. The summed E-state index contributed by atoms with van der Waals surface area (Å²) in [7, 11) is -0.350. The number of hydrogen-bond acceptors (Lipinski definition) is 7. The van der Waals surface area contributed by atoms with Gasteiger partial charge in [0.2, 0.25) is 6.29 Å². The summed E-state index contributed by atoms with van der Waals surface area (Å²) in [6.45, 7) is 4.59. The largest absolute Gasteiger partial charge is 0.463 e. The van der Waals surface area contributed by atoms with Gasteiger partial charge in [0, 0.05) is 13.8 Å². The van der Waals surface area contributed by atoms with Crippen molar-refractivity contribution in [2.75, 3.05) is 6.61 Å². The fraction of sp³-hybridized carbons (Fsp3) is 0.818. The Balaban J connectivity index is 2.01. The molecule has 0 aromatic carbocycles. The summed E-state index contributed by atoms with van der Waals surface area (Å²) < 4.78 is 26.8. The molecule has 106 valence electrons. The van der Waals surface area contributed by atoms with Crippen LogP contribution in [0.3, 0.4) is 0 Å². The van der Waals surface area contributed by atoms with E-state index < -0.39 is 36.5 Å². The first-order valence-corrected chi connectivity index (χ1v) is 6.28. The van der Waals surface area contributed by atoms with E-state index in [0.717, 1.165) is 0 Å². The molecule has 2 rings (SSSR count). The van der Waals surface area contributed by atoms with Crippen molar-refractivity contribution in [2.24, 2.45) is 0 Å². The van der Waals surface area contributed by atoms with Gasteiger partial charge < -0.3 is 23.5 Å². The van der Waals surface area contributed by atoms with Gasteiger partial charge in [-0.2, -0.15) is 0 Å². The van der Waals surface area contributed by atoms with Crippen molar-refractivity contribution >= 4 is 19.1 Å². The van der Waals surface area contributed by atoms with E-state index in [2.05, 4.69) is 0 Å². The highest BCUT2D eigenvalue weighted by Crippen LogP contribution is 2.34. The molecule has 2 aliphatic rings. The predicted molar refractivity (Wildman–Crippen MR) is 63.0 cm³/mol. The van der Waals surface area contributed by atoms with Crippen molar-refractivity contribution in [3.63, 3.8) is 0 Å². The minimum Gasteiger partial charge on any atom is -0.463 e. The molecule has 19 heavy (non-hydrogen) atoms. The maximum Gasteiger partial charge on any atom is 0.457 e. The number of carbonyl (C=O) groups excluding carboxylic acids is 2. The van der Waals surface area contributed by atoms with E-state index in [0.29, 0.717) is 6.32 Å². The van der Waals surface area contributed by atoms with E-state index in [1.165, 1.54) is 13.8 Å². The Kier molecular flexibility index (Phi) is 4.44. The maximum atomic E-state index is 11.0. The van der Waals surface area contributed by atoms with Gasteiger partial charge in [-0.05, 0) is 6.32 Å². The number of hydrogen-bond donors (Lipinski definition) is 0. The summed E-state index contributed by atoms with van der Waals surface area (Å²) in [6, 6.07) is 0.